The molecule has 2 unspecified atom stereocenters. The van der Waals surface area contributed by atoms with E-state index in [0.29, 0.717) is 23.3 Å². The summed E-state index contributed by atoms with van der Waals surface area (Å²) >= 11 is 0. The largest absolute Gasteiger partial charge is 0.258 e. The highest BCUT2D eigenvalue weighted by Gasteiger charge is 2.31. The van der Waals surface area contributed by atoms with Gasteiger partial charge in [0, 0.05) is 33.4 Å². The van der Waals surface area contributed by atoms with Crippen LogP contribution in [0.4, 0.5) is 0 Å². The van der Waals surface area contributed by atoms with E-state index in [1.165, 1.54) is 44.0 Å². The summed E-state index contributed by atoms with van der Waals surface area (Å²) in [7, 11) is 0. The van der Waals surface area contributed by atoms with Crippen LogP contribution in [-0.2, 0) is 11.8 Å². The standard InChI is InChI=1S/C69H55N5/c1-46(54-30-26-48-16-6-4-7-20-56(48)42-54)70-65(71-47(2)55-31-27-49-17-10-13-21-57(49)43-55)52-34-38-63(39-35-52)69(3,62-24-8-5-9-25-62)64-40-36-53(37-41-64)66-72-67(60-32-28-50-18-11-14-22-58(50)44-60)74-68(73-66)61-33-29-51-19-12-15-23-59(51)45-61/h5-11,13-18,20-45,47H,4,12,19H2,1-3H3/b70-46+,71-65-. The Bertz CT molecular complexity index is 3900. The molecule has 0 N–H and O–H groups in total. The number of amidine groups is 1. The summed E-state index contributed by atoms with van der Waals surface area (Å²) in [6, 6.07) is 71.4. The van der Waals surface area contributed by atoms with Crippen LogP contribution in [0.3, 0.4) is 0 Å². The molecule has 2 aliphatic rings. The van der Waals surface area contributed by atoms with Gasteiger partial charge in [-0.25, -0.2) is 19.9 Å². The zero-order chi connectivity index (χ0) is 50.0. The van der Waals surface area contributed by atoms with E-state index < -0.39 is 5.41 Å². The monoisotopic (exact) mass is 953 g/mol. The molecule has 5 nitrogen and oxygen atoms in total. The Balaban J connectivity index is 0.923. The summed E-state index contributed by atoms with van der Waals surface area (Å²) in [6.07, 6.45) is 16.3. The molecule has 1 heterocycles. The second-order valence-electron chi connectivity index (χ2n) is 19.7. The minimum Gasteiger partial charge on any atom is -0.258 e. The normalized spacial score (nSPS) is 14.6. The molecular weight excluding hydrogens is 899 g/mol. The lowest BCUT2D eigenvalue weighted by atomic mass is 9.71. The van der Waals surface area contributed by atoms with Gasteiger partial charge < -0.3 is 0 Å². The van der Waals surface area contributed by atoms with Crippen molar-refractivity contribution in [1.29, 1.82) is 0 Å². The van der Waals surface area contributed by atoms with Crippen molar-refractivity contribution in [2.75, 3.05) is 0 Å². The van der Waals surface area contributed by atoms with E-state index in [1.807, 2.05) is 0 Å². The second-order valence-corrected chi connectivity index (χ2v) is 19.7. The van der Waals surface area contributed by atoms with E-state index >= 15 is 0 Å². The van der Waals surface area contributed by atoms with E-state index in [-0.39, 0.29) is 6.04 Å². The first-order valence-corrected chi connectivity index (χ1v) is 25.7. The molecule has 0 bridgehead atoms. The lowest BCUT2D eigenvalue weighted by Crippen LogP contribution is -2.25. The first-order valence-electron chi connectivity index (χ1n) is 25.7. The third kappa shape index (κ3) is 9.25. The smallest absolute Gasteiger partial charge is 0.164 e. The first kappa shape index (κ1) is 46.2. The fourth-order valence-electron chi connectivity index (χ4n) is 10.5. The highest BCUT2D eigenvalue weighted by atomic mass is 15.0. The Hall–Kier alpha value is -8.93. The van der Waals surface area contributed by atoms with Crippen LogP contribution in [0.1, 0.15) is 95.3 Å². The van der Waals surface area contributed by atoms with Gasteiger partial charge in [-0.1, -0.05) is 212 Å². The second kappa shape index (κ2) is 19.9. The molecule has 0 saturated heterocycles. The van der Waals surface area contributed by atoms with Gasteiger partial charge in [-0.2, -0.15) is 0 Å². The highest BCUT2D eigenvalue weighted by molar-refractivity contribution is 6.12. The first-order chi connectivity index (χ1) is 36.3. The van der Waals surface area contributed by atoms with Crippen LogP contribution in [0.25, 0.3) is 73.9 Å². The molecule has 356 valence electrons. The molecular formula is C69H55N5. The van der Waals surface area contributed by atoms with Crippen molar-refractivity contribution in [3.63, 3.8) is 0 Å². The Morgan fingerprint density at radius 3 is 1.76 bits per heavy atom. The molecule has 10 aromatic rings. The van der Waals surface area contributed by atoms with Crippen molar-refractivity contribution < 1.29 is 0 Å². The summed E-state index contributed by atoms with van der Waals surface area (Å²) < 4.78 is 0. The van der Waals surface area contributed by atoms with Gasteiger partial charge >= 0.3 is 0 Å². The molecule has 74 heavy (non-hydrogen) atoms. The lowest BCUT2D eigenvalue weighted by Gasteiger charge is -2.32. The van der Waals surface area contributed by atoms with Gasteiger partial charge in [0.2, 0.25) is 0 Å². The molecule has 0 aliphatic heterocycles. The fraction of sp³-hybridized carbons (Fsp3) is 0.116. The van der Waals surface area contributed by atoms with Crippen LogP contribution in [0.5, 0.6) is 0 Å². The highest BCUT2D eigenvalue weighted by Crippen LogP contribution is 2.40. The molecule has 9 aromatic carbocycles. The predicted octanol–water partition coefficient (Wildman–Crippen LogP) is 16.9. The van der Waals surface area contributed by atoms with Crippen LogP contribution >= 0.6 is 0 Å². The van der Waals surface area contributed by atoms with Gasteiger partial charge in [0.25, 0.3) is 0 Å². The van der Waals surface area contributed by atoms with Crippen LogP contribution in [0.15, 0.2) is 228 Å². The van der Waals surface area contributed by atoms with E-state index in [1.54, 1.807) is 0 Å². The summed E-state index contributed by atoms with van der Waals surface area (Å²) in [4.78, 5) is 26.3. The maximum Gasteiger partial charge on any atom is 0.164 e. The predicted molar refractivity (Wildman–Crippen MR) is 310 cm³/mol. The van der Waals surface area contributed by atoms with Crippen molar-refractivity contribution in [3.8, 4) is 34.2 Å². The van der Waals surface area contributed by atoms with E-state index in [4.69, 9.17) is 24.9 Å². The van der Waals surface area contributed by atoms with E-state index in [0.717, 1.165) is 74.9 Å². The van der Waals surface area contributed by atoms with Gasteiger partial charge in [0.15, 0.2) is 23.3 Å². The Kier molecular flexibility index (Phi) is 12.4. The van der Waals surface area contributed by atoms with Crippen molar-refractivity contribution in [1.82, 2.24) is 15.0 Å². The SMILES string of the molecule is C/C(=N\C(=N/C(C)c1ccc2ccccc2c1)c1ccc(C(C)(c2ccccc2)c2ccc(-c3nc(-c4ccc5c(c4)C=CCC5)nc(-c4ccc5ccccc5c4)n3)cc2)cc1)c1ccc2c(c1)C=CCC=C2. The fourth-order valence-corrected chi connectivity index (χ4v) is 10.5. The number of hydrogen-bond donors (Lipinski definition) is 0. The number of nitrogens with zero attached hydrogens (tertiary/aromatic N) is 5. The molecule has 0 radical (unpaired) electrons. The van der Waals surface area contributed by atoms with Gasteiger partial charge in [0.05, 0.1) is 6.04 Å². The molecule has 5 heteroatoms. The van der Waals surface area contributed by atoms with Crippen molar-refractivity contribution in [2.24, 2.45) is 9.98 Å². The van der Waals surface area contributed by atoms with Crippen LogP contribution in [0, 0.1) is 0 Å². The number of aliphatic imine (C=N–C) groups is 2. The quantitative estimate of drug-likeness (QED) is 0.0779. The van der Waals surface area contributed by atoms with Gasteiger partial charge in [0.1, 0.15) is 0 Å². The third-order valence-electron chi connectivity index (χ3n) is 14.9. The minimum absolute atomic E-state index is 0.140. The van der Waals surface area contributed by atoms with Gasteiger partial charge in [-0.05, 0) is 136 Å². The summed E-state index contributed by atoms with van der Waals surface area (Å²) in [5.74, 6) is 2.62. The Morgan fingerprint density at radius 1 is 0.473 bits per heavy atom. The third-order valence-corrected chi connectivity index (χ3v) is 14.9. The molecule has 2 atom stereocenters. The molecule has 0 saturated carbocycles. The Morgan fingerprint density at radius 2 is 1.03 bits per heavy atom. The van der Waals surface area contributed by atoms with E-state index in [2.05, 4.69) is 257 Å². The summed E-state index contributed by atoms with van der Waals surface area (Å²) in [6.45, 7) is 6.57. The molecule has 0 amide bonds. The number of aryl methyl sites for hydroxylation is 1. The average molecular weight is 954 g/mol. The molecule has 2 aliphatic carbocycles. The van der Waals surface area contributed by atoms with Crippen LogP contribution in [0.2, 0.25) is 0 Å². The number of hydrogen-bond acceptors (Lipinski definition) is 4. The molecule has 1 aromatic heterocycles. The Labute approximate surface area is 433 Å². The summed E-state index contributed by atoms with van der Waals surface area (Å²) in [5, 5.41) is 4.73. The topological polar surface area (TPSA) is 63.4 Å². The van der Waals surface area contributed by atoms with Gasteiger partial charge in [-0.3, -0.25) is 4.99 Å². The number of rotatable bonds is 10. The zero-order valence-corrected chi connectivity index (χ0v) is 42.0. The lowest BCUT2D eigenvalue weighted by molar-refractivity contribution is 0.692. The maximum atomic E-state index is 5.41. The molecule has 0 spiro atoms. The van der Waals surface area contributed by atoms with Crippen molar-refractivity contribution in [2.45, 2.75) is 51.5 Å². The van der Waals surface area contributed by atoms with Crippen LogP contribution in [-0.4, -0.2) is 26.5 Å². The van der Waals surface area contributed by atoms with E-state index in [9.17, 15) is 0 Å². The minimum atomic E-state index is -0.520. The van der Waals surface area contributed by atoms with Crippen LogP contribution < -0.4 is 0 Å². The number of benzene rings is 9. The summed E-state index contributed by atoms with van der Waals surface area (Å²) in [5.41, 5.74) is 14.8. The number of aromatic nitrogens is 3. The van der Waals surface area contributed by atoms with Gasteiger partial charge in [-0.15, -0.1) is 0 Å². The number of fused-ring (bicyclic) bond motifs is 4. The molecule has 12 rings (SSSR count). The van der Waals surface area contributed by atoms with Crippen molar-refractivity contribution >= 4 is 51.3 Å². The maximum absolute atomic E-state index is 5.41. The number of allylic oxidation sites excluding steroid dienone is 3. The van der Waals surface area contributed by atoms with Crippen molar-refractivity contribution in [3.05, 3.63) is 274 Å². The average Bonchev–Trinajstić information content (AvgIpc) is 3.72. The zero-order valence-electron chi connectivity index (χ0n) is 42.0. The molecule has 0 fully saturated rings.